The van der Waals surface area contributed by atoms with Gasteiger partial charge in [-0.25, -0.2) is 4.79 Å². The van der Waals surface area contributed by atoms with E-state index in [1.54, 1.807) is 0 Å². The number of cyclic esters (lactones) is 1. The molecule has 3 rings (SSSR count). The van der Waals surface area contributed by atoms with Gasteiger partial charge in [0.05, 0.1) is 6.61 Å². The summed E-state index contributed by atoms with van der Waals surface area (Å²) in [5.74, 6) is 1.23. The summed E-state index contributed by atoms with van der Waals surface area (Å²) in [6.07, 6.45) is 3.64. The number of ether oxygens (including phenoxy) is 1. The highest BCUT2D eigenvalue weighted by atomic mass is 16.5. The van der Waals surface area contributed by atoms with Crippen LogP contribution in [-0.2, 0) is 9.53 Å². The minimum absolute atomic E-state index is 0.0211. The van der Waals surface area contributed by atoms with Crippen LogP contribution in [0.3, 0.4) is 0 Å². The van der Waals surface area contributed by atoms with Gasteiger partial charge in [-0.3, -0.25) is 0 Å². The van der Waals surface area contributed by atoms with E-state index in [1.165, 1.54) is 18.4 Å². The zero-order chi connectivity index (χ0) is 7.42. The zero-order valence-electron chi connectivity index (χ0n) is 6.30. The van der Waals surface area contributed by atoms with Crippen molar-refractivity contribution in [3.8, 4) is 0 Å². The number of hydrogen-bond donors (Lipinski definition) is 0. The molecule has 1 aliphatic heterocycles. The van der Waals surface area contributed by atoms with Crippen molar-refractivity contribution in [3.63, 3.8) is 0 Å². The molecular formula is C9H10O2. The molecule has 2 bridgehead atoms. The smallest absolute Gasteiger partial charge is 0.334 e. The molecule has 0 aromatic carbocycles. The average Bonchev–Trinajstić information content (AvgIpc) is 2.60. The number of carbonyl (C=O) groups is 1. The normalized spacial score (nSPS) is 39.8. The molecule has 0 aromatic heterocycles. The van der Waals surface area contributed by atoms with Gasteiger partial charge in [0, 0.05) is 11.5 Å². The molecule has 2 atom stereocenters. The highest BCUT2D eigenvalue weighted by Crippen LogP contribution is 2.50. The van der Waals surface area contributed by atoms with E-state index in [9.17, 15) is 4.79 Å². The van der Waals surface area contributed by atoms with Gasteiger partial charge in [0.2, 0.25) is 0 Å². The summed E-state index contributed by atoms with van der Waals surface area (Å²) in [5, 5.41) is 0. The van der Waals surface area contributed by atoms with Crippen LogP contribution in [-0.4, -0.2) is 12.6 Å². The van der Waals surface area contributed by atoms with Crippen molar-refractivity contribution in [2.45, 2.75) is 19.3 Å². The summed E-state index contributed by atoms with van der Waals surface area (Å²) in [6.45, 7) is 0.669. The highest BCUT2D eigenvalue weighted by molar-refractivity contribution is 5.93. The van der Waals surface area contributed by atoms with Gasteiger partial charge in [-0.2, -0.15) is 0 Å². The molecule has 0 amide bonds. The first-order valence-corrected chi connectivity index (χ1v) is 4.25. The van der Waals surface area contributed by atoms with E-state index in [1.807, 2.05) is 0 Å². The van der Waals surface area contributed by atoms with Crippen molar-refractivity contribution >= 4 is 5.97 Å². The maximum Gasteiger partial charge on any atom is 0.334 e. The van der Waals surface area contributed by atoms with Crippen molar-refractivity contribution in [2.75, 3.05) is 6.61 Å². The fourth-order valence-corrected chi connectivity index (χ4v) is 2.72. The molecule has 0 N–H and O–H groups in total. The maximum atomic E-state index is 11.2. The Kier molecular flexibility index (Phi) is 0.888. The third-order valence-electron chi connectivity index (χ3n) is 3.26. The monoisotopic (exact) mass is 150 g/mol. The van der Waals surface area contributed by atoms with Crippen LogP contribution in [0.2, 0.25) is 0 Å². The Bertz CT molecular complexity index is 265. The van der Waals surface area contributed by atoms with Crippen LogP contribution in [0.15, 0.2) is 11.1 Å². The Labute approximate surface area is 65.2 Å². The first-order chi connectivity index (χ1) is 5.36. The molecule has 2 aliphatic carbocycles. The number of rotatable bonds is 0. The van der Waals surface area contributed by atoms with E-state index in [0.29, 0.717) is 12.5 Å². The average molecular weight is 150 g/mol. The van der Waals surface area contributed by atoms with Gasteiger partial charge in [-0.1, -0.05) is 5.57 Å². The molecule has 2 fully saturated rings. The standard InChI is InChI=1S/C9H10O2/c10-9-8-6-2-1-5(3-6)7(8)4-11-9/h5,7H,1-4H2. The molecule has 11 heavy (non-hydrogen) atoms. The lowest BCUT2D eigenvalue weighted by Gasteiger charge is -2.12. The van der Waals surface area contributed by atoms with Crippen molar-refractivity contribution < 1.29 is 9.53 Å². The van der Waals surface area contributed by atoms with Gasteiger partial charge in [0.1, 0.15) is 0 Å². The quantitative estimate of drug-likeness (QED) is 0.486. The predicted octanol–water partition coefficient (Wildman–Crippen LogP) is 1.27. The Balaban J connectivity index is 2.14. The first kappa shape index (κ1) is 5.81. The summed E-state index contributed by atoms with van der Waals surface area (Å²) in [7, 11) is 0. The highest BCUT2D eigenvalue weighted by Gasteiger charge is 2.46. The van der Waals surface area contributed by atoms with Crippen LogP contribution in [0.4, 0.5) is 0 Å². The third-order valence-corrected chi connectivity index (χ3v) is 3.26. The molecule has 0 radical (unpaired) electrons. The summed E-state index contributed by atoms with van der Waals surface area (Å²) >= 11 is 0. The van der Waals surface area contributed by atoms with E-state index in [2.05, 4.69) is 0 Å². The van der Waals surface area contributed by atoms with Crippen molar-refractivity contribution in [1.82, 2.24) is 0 Å². The second kappa shape index (κ2) is 1.68. The fraction of sp³-hybridized carbons (Fsp3) is 0.667. The number of allylic oxidation sites excluding steroid dienone is 1. The summed E-state index contributed by atoms with van der Waals surface area (Å²) in [5.41, 5.74) is 2.46. The predicted molar refractivity (Wildman–Crippen MR) is 38.8 cm³/mol. The topological polar surface area (TPSA) is 26.3 Å². The van der Waals surface area contributed by atoms with Gasteiger partial charge in [0.15, 0.2) is 0 Å². The summed E-state index contributed by atoms with van der Waals surface area (Å²) < 4.78 is 5.00. The van der Waals surface area contributed by atoms with Crippen molar-refractivity contribution in [3.05, 3.63) is 11.1 Å². The van der Waals surface area contributed by atoms with E-state index < -0.39 is 0 Å². The van der Waals surface area contributed by atoms with E-state index in [4.69, 9.17) is 4.74 Å². The van der Waals surface area contributed by atoms with Crippen LogP contribution in [0.25, 0.3) is 0 Å². The Morgan fingerprint density at radius 2 is 2.36 bits per heavy atom. The molecule has 0 spiro atoms. The minimum atomic E-state index is -0.0211. The molecule has 2 heteroatoms. The summed E-state index contributed by atoms with van der Waals surface area (Å²) in [4.78, 5) is 11.2. The fourth-order valence-electron chi connectivity index (χ4n) is 2.72. The molecular weight excluding hydrogens is 140 g/mol. The van der Waals surface area contributed by atoms with Crippen molar-refractivity contribution in [2.24, 2.45) is 11.8 Å². The van der Waals surface area contributed by atoms with Crippen LogP contribution in [0.1, 0.15) is 19.3 Å². The second-order valence-corrected chi connectivity index (χ2v) is 3.73. The maximum absolute atomic E-state index is 11.2. The second-order valence-electron chi connectivity index (χ2n) is 3.73. The number of fused-ring (bicyclic) bond motifs is 4. The molecule has 1 saturated heterocycles. The largest absolute Gasteiger partial charge is 0.462 e. The molecule has 58 valence electrons. The molecule has 0 aromatic rings. The van der Waals surface area contributed by atoms with Crippen molar-refractivity contribution in [1.29, 1.82) is 0 Å². The number of hydrogen-bond acceptors (Lipinski definition) is 2. The lowest BCUT2D eigenvalue weighted by atomic mass is 9.89. The molecule has 1 saturated carbocycles. The number of carbonyl (C=O) groups excluding carboxylic acids is 1. The van der Waals surface area contributed by atoms with E-state index in [0.717, 1.165) is 17.9 Å². The van der Waals surface area contributed by atoms with Crippen LogP contribution in [0, 0.1) is 11.8 Å². The van der Waals surface area contributed by atoms with Gasteiger partial charge >= 0.3 is 5.97 Å². The molecule has 2 nitrogen and oxygen atoms in total. The van der Waals surface area contributed by atoms with E-state index >= 15 is 0 Å². The van der Waals surface area contributed by atoms with E-state index in [-0.39, 0.29) is 5.97 Å². The molecule has 2 unspecified atom stereocenters. The molecule has 1 heterocycles. The summed E-state index contributed by atoms with van der Waals surface area (Å²) in [6, 6.07) is 0. The van der Waals surface area contributed by atoms with Crippen LogP contribution in [0.5, 0.6) is 0 Å². The Morgan fingerprint density at radius 1 is 1.45 bits per heavy atom. The lowest BCUT2D eigenvalue weighted by molar-refractivity contribution is -0.135. The van der Waals surface area contributed by atoms with Gasteiger partial charge in [-0.15, -0.1) is 0 Å². The third kappa shape index (κ3) is 0.561. The minimum Gasteiger partial charge on any atom is -0.462 e. The first-order valence-electron chi connectivity index (χ1n) is 4.25. The SMILES string of the molecule is O=C1OCC2C1=C1CCC2C1. The Morgan fingerprint density at radius 3 is 3.18 bits per heavy atom. The number of esters is 1. The van der Waals surface area contributed by atoms with Crippen LogP contribution >= 0.6 is 0 Å². The molecule has 3 aliphatic rings. The zero-order valence-corrected chi connectivity index (χ0v) is 6.30. The van der Waals surface area contributed by atoms with Gasteiger partial charge in [0.25, 0.3) is 0 Å². The Hall–Kier alpha value is -0.790. The van der Waals surface area contributed by atoms with Gasteiger partial charge in [-0.05, 0) is 25.2 Å². The van der Waals surface area contributed by atoms with Crippen LogP contribution < -0.4 is 0 Å². The van der Waals surface area contributed by atoms with Gasteiger partial charge < -0.3 is 4.74 Å². The lowest BCUT2D eigenvalue weighted by Crippen LogP contribution is -2.11.